The largest absolute Gasteiger partial charge is 0.339 e. The lowest BCUT2D eigenvalue weighted by Gasteiger charge is -2.31. The Hall–Kier alpha value is -2.48. The molecule has 0 N–H and O–H groups in total. The SMILES string of the molecule is CN(C(=O)CCc1nc(-c2cccs2)no1)C1CCCc2c1cnn2C. The average molecular weight is 371 g/mol. The molecule has 0 spiro atoms. The number of rotatable bonds is 5. The highest BCUT2D eigenvalue weighted by Crippen LogP contribution is 2.33. The highest BCUT2D eigenvalue weighted by atomic mass is 32.1. The summed E-state index contributed by atoms with van der Waals surface area (Å²) in [4.78, 5) is 19.9. The molecule has 0 aromatic carbocycles. The summed E-state index contributed by atoms with van der Waals surface area (Å²) in [5.74, 6) is 1.17. The Bertz CT molecular complexity index is 899. The van der Waals surface area contributed by atoms with Crippen molar-refractivity contribution in [1.29, 1.82) is 0 Å². The van der Waals surface area contributed by atoms with Crippen LogP contribution in [-0.2, 0) is 24.7 Å². The molecule has 3 heterocycles. The van der Waals surface area contributed by atoms with Crippen LogP contribution in [0, 0.1) is 0 Å². The van der Waals surface area contributed by atoms with E-state index in [9.17, 15) is 4.79 Å². The minimum absolute atomic E-state index is 0.0857. The summed E-state index contributed by atoms with van der Waals surface area (Å²) in [6.07, 6.45) is 5.78. The van der Waals surface area contributed by atoms with Crippen LogP contribution in [0.3, 0.4) is 0 Å². The molecule has 1 atom stereocenters. The molecule has 26 heavy (non-hydrogen) atoms. The predicted octanol–water partition coefficient (Wildman–Crippen LogP) is 3.00. The molecule has 3 aromatic rings. The lowest BCUT2D eigenvalue weighted by atomic mass is 9.92. The van der Waals surface area contributed by atoms with Gasteiger partial charge >= 0.3 is 0 Å². The molecule has 0 aliphatic heterocycles. The maximum absolute atomic E-state index is 12.7. The number of aryl methyl sites for hydroxylation is 2. The Kier molecular flexibility index (Phi) is 4.58. The molecule has 0 saturated carbocycles. The van der Waals surface area contributed by atoms with Gasteiger partial charge in [-0.25, -0.2) is 0 Å². The lowest BCUT2D eigenvalue weighted by molar-refractivity contribution is -0.132. The van der Waals surface area contributed by atoms with E-state index in [1.807, 2.05) is 47.4 Å². The molecule has 0 saturated heterocycles. The number of aromatic nitrogens is 4. The first-order chi connectivity index (χ1) is 12.6. The van der Waals surface area contributed by atoms with E-state index in [0.717, 1.165) is 24.1 Å². The topological polar surface area (TPSA) is 77.1 Å². The molecule has 0 bridgehead atoms. The van der Waals surface area contributed by atoms with E-state index in [-0.39, 0.29) is 11.9 Å². The van der Waals surface area contributed by atoms with E-state index in [1.165, 1.54) is 11.3 Å². The highest BCUT2D eigenvalue weighted by Gasteiger charge is 2.29. The number of hydrogen-bond acceptors (Lipinski definition) is 6. The van der Waals surface area contributed by atoms with Crippen LogP contribution in [0.1, 0.15) is 42.5 Å². The second kappa shape index (κ2) is 7.03. The summed E-state index contributed by atoms with van der Waals surface area (Å²) in [7, 11) is 3.84. The van der Waals surface area contributed by atoms with Crippen molar-refractivity contribution < 1.29 is 9.32 Å². The summed E-state index contributed by atoms with van der Waals surface area (Å²) >= 11 is 1.56. The molecule has 8 heteroatoms. The van der Waals surface area contributed by atoms with E-state index in [4.69, 9.17) is 4.52 Å². The van der Waals surface area contributed by atoms with E-state index >= 15 is 0 Å². The third-order valence-corrected chi connectivity index (χ3v) is 5.83. The molecule has 4 rings (SSSR count). The molecule has 0 fully saturated rings. The maximum Gasteiger partial charge on any atom is 0.227 e. The number of fused-ring (bicyclic) bond motifs is 1. The van der Waals surface area contributed by atoms with Gasteiger partial charge in [0.25, 0.3) is 0 Å². The van der Waals surface area contributed by atoms with Gasteiger partial charge in [-0.1, -0.05) is 11.2 Å². The van der Waals surface area contributed by atoms with Crippen molar-refractivity contribution in [3.8, 4) is 10.7 Å². The van der Waals surface area contributed by atoms with Gasteiger partial charge in [-0.3, -0.25) is 9.48 Å². The van der Waals surface area contributed by atoms with Crippen LogP contribution in [0.5, 0.6) is 0 Å². The summed E-state index contributed by atoms with van der Waals surface area (Å²) in [6, 6.07) is 4.00. The minimum Gasteiger partial charge on any atom is -0.339 e. The summed E-state index contributed by atoms with van der Waals surface area (Å²) in [5.41, 5.74) is 2.41. The molecule has 0 radical (unpaired) electrons. The molecule has 1 aliphatic rings. The van der Waals surface area contributed by atoms with Gasteiger partial charge in [0, 0.05) is 38.2 Å². The van der Waals surface area contributed by atoms with Gasteiger partial charge in [0.1, 0.15) is 0 Å². The second-order valence-electron chi connectivity index (χ2n) is 6.57. The predicted molar refractivity (Wildman–Crippen MR) is 97.6 cm³/mol. The first-order valence-electron chi connectivity index (χ1n) is 8.76. The Balaban J connectivity index is 1.39. The molecule has 1 unspecified atom stereocenters. The maximum atomic E-state index is 12.7. The molecular formula is C18H21N5O2S. The fourth-order valence-electron chi connectivity index (χ4n) is 3.51. The summed E-state index contributed by atoms with van der Waals surface area (Å²) in [6.45, 7) is 0. The Morgan fingerprint density at radius 2 is 2.38 bits per heavy atom. The Morgan fingerprint density at radius 1 is 1.50 bits per heavy atom. The van der Waals surface area contributed by atoms with Gasteiger partial charge in [0.15, 0.2) is 0 Å². The number of hydrogen-bond donors (Lipinski definition) is 0. The Morgan fingerprint density at radius 3 is 3.19 bits per heavy atom. The van der Waals surface area contributed by atoms with Gasteiger partial charge in [0.2, 0.25) is 17.6 Å². The zero-order valence-electron chi connectivity index (χ0n) is 14.9. The fraction of sp³-hybridized carbons (Fsp3) is 0.444. The first-order valence-corrected chi connectivity index (χ1v) is 9.64. The zero-order valence-corrected chi connectivity index (χ0v) is 15.7. The van der Waals surface area contributed by atoms with Gasteiger partial charge in [-0.05, 0) is 30.7 Å². The van der Waals surface area contributed by atoms with Crippen molar-refractivity contribution in [1.82, 2.24) is 24.8 Å². The van der Waals surface area contributed by atoms with Crippen molar-refractivity contribution in [2.24, 2.45) is 7.05 Å². The average Bonchev–Trinajstić information content (AvgIpc) is 3.40. The first kappa shape index (κ1) is 17.0. The van der Waals surface area contributed by atoms with Crippen molar-refractivity contribution in [2.45, 2.75) is 38.1 Å². The van der Waals surface area contributed by atoms with Crippen LogP contribution in [0.2, 0.25) is 0 Å². The fourth-order valence-corrected chi connectivity index (χ4v) is 4.16. The lowest BCUT2D eigenvalue weighted by Crippen LogP contribution is -2.33. The van der Waals surface area contributed by atoms with E-state index in [0.29, 0.717) is 24.6 Å². The molecule has 3 aromatic heterocycles. The van der Waals surface area contributed by atoms with Crippen molar-refractivity contribution in [3.05, 3.63) is 40.9 Å². The number of carbonyl (C=O) groups is 1. The molecule has 1 amide bonds. The Labute approximate surface area is 155 Å². The number of nitrogens with zero attached hydrogens (tertiary/aromatic N) is 5. The number of thiophene rings is 1. The van der Waals surface area contributed by atoms with E-state index in [1.54, 1.807) is 11.3 Å². The van der Waals surface area contributed by atoms with Crippen LogP contribution in [-0.4, -0.2) is 37.8 Å². The van der Waals surface area contributed by atoms with E-state index < -0.39 is 0 Å². The third kappa shape index (κ3) is 3.16. The normalized spacial score (nSPS) is 16.5. The summed E-state index contributed by atoms with van der Waals surface area (Å²) < 4.78 is 7.21. The van der Waals surface area contributed by atoms with Crippen LogP contribution in [0.15, 0.2) is 28.2 Å². The monoisotopic (exact) mass is 371 g/mol. The van der Waals surface area contributed by atoms with Crippen LogP contribution < -0.4 is 0 Å². The van der Waals surface area contributed by atoms with Crippen LogP contribution in [0.25, 0.3) is 10.7 Å². The van der Waals surface area contributed by atoms with Crippen molar-refractivity contribution in [3.63, 3.8) is 0 Å². The molecule has 136 valence electrons. The molecule has 1 aliphatic carbocycles. The highest BCUT2D eigenvalue weighted by molar-refractivity contribution is 7.13. The van der Waals surface area contributed by atoms with Gasteiger partial charge in [0.05, 0.1) is 17.1 Å². The molecule has 7 nitrogen and oxygen atoms in total. The molecular weight excluding hydrogens is 350 g/mol. The smallest absolute Gasteiger partial charge is 0.227 e. The summed E-state index contributed by atoms with van der Waals surface area (Å²) in [5, 5.41) is 10.3. The number of amides is 1. The quantitative estimate of drug-likeness (QED) is 0.689. The van der Waals surface area contributed by atoms with E-state index in [2.05, 4.69) is 15.2 Å². The zero-order chi connectivity index (χ0) is 18.1. The van der Waals surface area contributed by atoms with Crippen molar-refractivity contribution >= 4 is 17.2 Å². The third-order valence-electron chi connectivity index (χ3n) is 4.97. The van der Waals surface area contributed by atoms with Gasteiger partial charge < -0.3 is 9.42 Å². The van der Waals surface area contributed by atoms with Crippen molar-refractivity contribution in [2.75, 3.05) is 7.05 Å². The van der Waals surface area contributed by atoms with Gasteiger partial charge in [-0.15, -0.1) is 11.3 Å². The van der Waals surface area contributed by atoms with Crippen LogP contribution >= 0.6 is 11.3 Å². The standard InChI is InChI=1S/C18H21N5O2S/c1-22(13-5-3-6-14-12(13)11-19-23(14)2)17(24)9-8-16-20-18(21-25-16)15-7-4-10-26-15/h4,7,10-11,13H,3,5-6,8-9H2,1-2H3. The minimum atomic E-state index is 0.0857. The number of carbonyl (C=O) groups excluding carboxylic acids is 1. The van der Waals surface area contributed by atoms with Crippen LogP contribution in [0.4, 0.5) is 0 Å². The van der Waals surface area contributed by atoms with Gasteiger partial charge in [-0.2, -0.15) is 10.1 Å². The second-order valence-corrected chi connectivity index (χ2v) is 7.52.